The average Bonchev–Trinajstić information content (AvgIpc) is 2.74. The van der Waals surface area contributed by atoms with Crippen LogP contribution in [0.4, 0.5) is 0 Å². The largest absolute Gasteiger partial charge is 0.697 e. The van der Waals surface area contributed by atoms with Gasteiger partial charge in [0, 0.05) is 9.48 Å². The summed E-state index contributed by atoms with van der Waals surface area (Å²) in [5.74, 6) is 0. The van der Waals surface area contributed by atoms with Crippen molar-refractivity contribution in [1.82, 2.24) is 0 Å². The molecule has 1 saturated heterocycles. The van der Waals surface area contributed by atoms with Crippen LogP contribution >= 0.6 is 8.25 Å². The topological polar surface area (TPSA) is 123 Å². The number of rotatable bonds is 9. The molecular formula is C19H21N3O6P+. The van der Waals surface area contributed by atoms with E-state index in [0.29, 0.717) is 0 Å². The van der Waals surface area contributed by atoms with Crippen molar-refractivity contribution >= 4 is 8.25 Å². The summed E-state index contributed by atoms with van der Waals surface area (Å²) in [7, 11) is -2.92. The second-order valence-electron chi connectivity index (χ2n) is 6.34. The zero-order valence-electron chi connectivity index (χ0n) is 15.5. The second-order valence-corrected chi connectivity index (χ2v) is 7.03. The van der Waals surface area contributed by atoms with Gasteiger partial charge in [-0.15, -0.1) is 4.89 Å². The number of ether oxygens (including phenoxy) is 3. The van der Waals surface area contributed by atoms with Gasteiger partial charge >= 0.3 is 8.25 Å². The highest BCUT2D eigenvalue weighted by Gasteiger charge is 2.46. The highest BCUT2D eigenvalue weighted by molar-refractivity contribution is 7.32. The number of azide groups is 1. The van der Waals surface area contributed by atoms with Crippen LogP contribution in [0.25, 0.3) is 10.4 Å². The highest BCUT2D eigenvalue weighted by Crippen LogP contribution is 2.31. The summed E-state index contributed by atoms with van der Waals surface area (Å²) in [6.45, 7) is 0.416. The molecule has 2 aromatic carbocycles. The molecule has 0 radical (unpaired) electrons. The fraction of sp³-hybridized carbons (Fsp3) is 0.368. The van der Waals surface area contributed by atoms with E-state index >= 15 is 0 Å². The van der Waals surface area contributed by atoms with Gasteiger partial charge in [0.05, 0.1) is 25.9 Å². The molecule has 0 aliphatic carbocycles. The van der Waals surface area contributed by atoms with E-state index in [-0.39, 0.29) is 19.8 Å². The highest BCUT2D eigenvalue weighted by atomic mass is 31.1. The van der Waals surface area contributed by atoms with Crippen LogP contribution in [0.3, 0.4) is 0 Å². The van der Waals surface area contributed by atoms with Crippen molar-refractivity contribution in [3.63, 3.8) is 0 Å². The molecular weight excluding hydrogens is 397 g/mol. The fourth-order valence-corrected chi connectivity index (χ4v) is 3.37. The summed E-state index contributed by atoms with van der Waals surface area (Å²) in [6.07, 6.45) is -2.75. The van der Waals surface area contributed by atoms with Crippen LogP contribution in [0.2, 0.25) is 0 Å². The minimum Gasteiger partial charge on any atom is -0.370 e. The number of hydrogen-bond donors (Lipinski definition) is 1. The van der Waals surface area contributed by atoms with E-state index in [1.54, 1.807) is 0 Å². The summed E-state index contributed by atoms with van der Waals surface area (Å²) < 4.78 is 33.7. The molecule has 9 nitrogen and oxygen atoms in total. The molecule has 0 bridgehead atoms. The van der Waals surface area contributed by atoms with Gasteiger partial charge in [0.15, 0.2) is 0 Å². The molecule has 3 rings (SSSR count). The summed E-state index contributed by atoms with van der Waals surface area (Å²) in [6, 6.07) is 18.2. The Balaban J connectivity index is 1.79. The van der Waals surface area contributed by atoms with Gasteiger partial charge in [-0.2, -0.15) is 0 Å². The first-order chi connectivity index (χ1) is 14.2. The van der Waals surface area contributed by atoms with E-state index in [2.05, 4.69) is 10.0 Å². The Morgan fingerprint density at radius 1 is 1.03 bits per heavy atom. The van der Waals surface area contributed by atoms with Crippen LogP contribution in [-0.4, -0.2) is 36.0 Å². The van der Waals surface area contributed by atoms with Crippen LogP contribution in [0.5, 0.6) is 0 Å². The number of nitrogens with zero attached hydrogens (tertiary/aromatic N) is 3. The summed E-state index contributed by atoms with van der Waals surface area (Å²) in [4.78, 5) is 12.1. The maximum Gasteiger partial charge on any atom is 0.697 e. The van der Waals surface area contributed by atoms with Crippen molar-refractivity contribution in [2.75, 3.05) is 6.61 Å². The lowest BCUT2D eigenvalue weighted by atomic mass is 10.0. The normalized spacial score (nSPS) is 24.5. The third-order valence-corrected chi connectivity index (χ3v) is 4.76. The van der Waals surface area contributed by atoms with Crippen LogP contribution in [-0.2, 0) is 36.5 Å². The summed E-state index contributed by atoms with van der Waals surface area (Å²) in [5, 5.41) is 3.76. The Hall–Kier alpha value is -2.35. The second kappa shape index (κ2) is 11.0. The molecule has 1 aliphatic heterocycles. The molecule has 1 unspecified atom stereocenters. The van der Waals surface area contributed by atoms with Crippen molar-refractivity contribution in [1.29, 1.82) is 0 Å². The first kappa shape index (κ1) is 21.4. The van der Waals surface area contributed by atoms with Crippen molar-refractivity contribution in [3.8, 4) is 0 Å². The fourth-order valence-electron chi connectivity index (χ4n) is 3.01. The predicted molar refractivity (Wildman–Crippen MR) is 104 cm³/mol. The molecule has 0 saturated carbocycles. The SMILES string of the molecule is [N-]=[N+]=N[C@H]1CO[C@H](O[P+](=O)O)[C@H](OCc2ccccc2)[C@H]1OCc1ccccc1. The first-order valence-electron chi connectivity index (χ1n) is 8.97. The zero-order valence-corrected chi connectivity index (χ0v) is 16.4. The van der Waals surface area contributed by atoms with Crippen LogP contribution in [0, 0.1) is 0 Å². The van der Waals surface area contributed by atoms with Gasteiger partial charge in [0.1, 0.15) is 12.2 Å². The molecule has 2 aromatic rings. The van der Waals surface area contributed by atoms with E-state index in [1.165, 1.54) is 0 Å². The third kappa shape index (κ3) is 6.32. The molecule has 5 atom stereocenters. The van der Waals surface area contributed by atoms with E-state index in [1.807, 2.05) is 60.7 Å². The van der Waals surface area contributed by atoms with Crippen molar-refractivity contribution in [3.05, 3.63) is 82.2 Å². The monoisotopic (exact) mass is 418 g/mol. The molecule has 0 amide bonds. The molecule has 152 valence electrons. The minimum atomic E-state index is -2.92. The van der Waals surface area contributed by atoms with Crippen LogP contribution < -0.4 is 0 Å². The van der Waals surface area contributed by atoms with Gasteiger partial charge in [-0.05, 0) is 16.7 Å². The molecule has 29 heavy (non-hydrogen) atoms. The Kier molecular flexibility index (Phi) is 8.10. The Bertz CT molecular complexity index is 834. The van der Waals surface area contributed by atoms with Gasteiger partial charge in [-0.25, -0.2) is 0 Å². The average molecular weight is 418 g/mol. The first-order valence-corrected chi connectivity index (χ1v) is 10.1. The van der Waals surface area contributed by atoms with E-state index in [4.69, 9.17) is 24.3 Å². The van der Waals surface area contributed by atoms with Gasteiger partial charge in [0.25, 0.3) is 0 Å². The number of benzene rings is 2. The van der Waals surface area contributed by atoms with Gasteiger partial charge < -0.3 is 14.2 Å². The van der Waals surface area contributed by atoms with E-state index in [0.717, 1.165) is 11.1 Å². The Morgan fingerprint density at radius 2 is 1.59 bits per heavy atom. The van der Waals surface area contributed by atoms with E-state index in [9.17, 15) is 9.46 Å². The van der Waals surface area contributed by atoms with Crippen molar-refractivity contribution < 1.29 is 28.2 Å². The maximum absolute atomic E-state index is 11.2. The van der Waals surface area contributed by atoms with Gasteiger partial charge in [0.2, 0.25) is 6.29 Å². The molecule has 1 aliphatic rings. The zero-order chi connectivity index (χ0) is 20.5. The van der Waals surface area contributed by atoms with Crippen molar-refractivity contribution in [2.45, 2.75) is 37.8 Å². The van der Waals surface area contributed by atoms with Crippen LogP contribution in [0.15, 0.2) is 65.8 Å². The Morgan fingerprint density at radius 3 is 2.10 bits per heavy atom. The Labute approximate surface area is 168 Å². The molecule has 0 aromatic heterocycles. The molecule has 1 fully saturated rings. The lowest BCUT2D eigenvalue weighted by molar-refractivity contribution is -0.244. The third-order valence-electron chi connectivity index (χ3n) is 4.37. The maximum atomic E-state index is 11.2. The predicted octanol–water partition coefficient (Wildman–Crippen LogP) is 3.86. The van der Waals surface area contributed by atoms with E-state index < -0.39 is 32.8 Å². The quantitative estimate of drug-likeness (QED) is 0.285. The lowest BCUT2D eigenvalue weighted by Gasteiger charge is -2.38. The standard InChI is InChI=1S/C19H20N3O6P/c20-22-21-16-13-27-19(28-29(23)24)18(26-12-15-9-5-2-6-10-15)17(16)25-11-14-7-3-1-4-8-14/h1-10,16-19H,11-13H2/p+1/t16-,17-,18+,19+/m0/s1. The molecule has 0 spiro atoms. The molecule has 10 heteroatoms. The summed E-state index contributed by atoms with van der Waals surface area (Å²) >= 11 is 0. The number of hydrogen-bond acceptors (Lipinski definition) is 6. The minimum absolute atomic E-state index is 0.0252. The molecule has 1 heterocycles. The smallest absolute Gasteiger partial charge is 0.370 e. The van der Waals surface area contributed by atoms with Gasteiger partial charge in [-0.3, -0.25) is 0 Å². The summed E-state index contributed by atoms with van der Waals surface area (Å²) in [5.41, 5.74) is 10.7. The lowest BCUT2D eigenvalue weighted by Crippen LogP contribution is -2.54. The van der Waals surface area contributed by atoms with Crippen molar-refractivity contribution in [2.24, 2.45) is 5.11 Å². The van der Waals surface area contributed by atoms with Crippen LogP contribution in [0.1, 0.15) is 11.1 Å². The molecule has 1 N–H and O–H groups in total. The van der Waals surface area contributed by atoms with Gasteiger partial charge in [-0.1, -0.05) is 70.3 Å².